The third-order valence-corrected chi connectivity index (χ3v) is 9.15. The molecule has 0 N–H and O–H groups in total. The zero-order valence-electron chi connectivity index (χ0n) is 17.8. The summed E-state index contributed by atoms with van der Waals surface area (Å²) in [5, 5.41) is 0. The van der Waals surface area contributed by atoms with E-state index < -0.39 is 26.1 Å². The van der Waals surface area contributed by atoms with E-state index in [1.807, 2.05) is 13.8 Å². The summed E-state index contributed by atoms with van der Waals surface area (Å²) in [7, 11) is -7.86. The van der Waals surface area contributed by atoms with Gasteiger partial charge in [0.15, 0.2) is 0 Å². The van der Waals surface area contributed by atoms with Crippen molar-refractivity contribution in [3.63, 3.8) is 0 Å². The number of rotatable bonds is 5. The van der Waals surface area contributed by atoms with E-state index in [0.29, 0.717) is 11.4 Å². The average molecular weight is 469 g/mol. The summed E-state index contributed by atoms with van der Waals surface area (Å²) >= 11 is 0. The molecule has 3 aromatic carbocycles. The van der Waals surface area contributed by atoms with Crippen molar-refractivity contribution in [3.8, 4) is 0 Å². The quantitative estimate of drug-likeness (QED) is 0.525. The molecule has 0 radical (unpaired) electrons. The van der Waals surface area contributed by atoms with Crippen molar-refractivity contribution >= 4 is 31.4 Å². The zero-order chi connectivity index (χ0) is 23.1. The fraction of sp³-hybridized carbons (Fsp3) is 0.167. The highest BCUT2D eigenvalue weighted by Gasteiger charge is 2.41. The van der Waals surface area contributed by atoms with Gasteiger partial charge in [-0.3, -0.25) is 8.61 Å². The highest BCUT2D eigenvalue weighted by atomic mass is 32.2. The van der Waals surface area contributed by atoms with Crippen LogP contribution in [0.4, 0.5) is 11.4 Å². The molecule has 6 nitrogen and oxygen atoms in total. The number of nitrogens with zero attached hydrogens (tertiary/aromatic N) is 2. The minimum absolute atomic E-state index is 0.0815. The average Bonchev–Trinajstić information content (AvgIpc) is 2.78. The van der Waals surface area contributed by atoms with Crippen LogP contribution in [0, 0.1) is 13.8 Å². The van der Waals surface area contributed by atoms with Crippen LogP contribution in [-0.4, -0.2) is 29.4 Å². The Kier molecular flexibility index (Phi) is 5.60. The minimum Gasteiger partial charge on any atom is -0.262 e. The monoisotopic (exact) mass is 468 g/mol. The molecule has 0 spiro atoms. The summed E-state index contributed by atoms with van der Waals surface area (Å²) in [6.07, 6.45) is 1.47. The van der Waals surface area contributed by atoms with Gasteiger partial charge >= 0.3 is 0 Å². The van der Waals surface area contributed by atoms with Gasteiger partial charge in [-0.15, -0.1) is 6.58 Å². The first kappa shape index (κ1) is 22.1. The largest absolute Gasteiger partial charge is 0.264 e. The first-order valence-corrected chi connectivity index (χ1v) is 13.0. The summed E-state index contributed by atoms with van der Waals surface area (Å²) in [5.41, 5.74) is 2.49. The van der Waals surface area contributed by atoms with E-state index in [0.717, 1.165) is 11.1 Å². The fourth-order valence-electron chi connectivity index (χ4n) is 3.75. The van der Waals surface area contributed by atoms with Crippen molar-refractivity contribution in [2.24, 2.45) is 0 Å². The number of hydrogen-bond donors (Lipinski definition) is 0. The van der Waals surface area contributed by atoms with Gasteiger partial charge in [-0.05, 0) is 50.2 Å². The maximum Gasteiger partial charge on any atom is 0.264 e. The number of fused-ring (bicyclic) bond motifs is 1. The third kappa shape index (κ3) is 3.69. The lowest BCUT2D eigenvalue weighted by atomic mass is 10.1. The van der Waals surface area contributed by atoms with Crippen molar-refractivity contribution in [1.82, 2.24) is 0 Å². The van der Waals surface area contributed by atoms with Crippen LogP contribution in [0.25, 0.3) is 0 Å². The molecule has 1 aliphatic heterocycles. The Balaban J connectivity index is 1.87. The molecule has 0 aliphatic carbocycles. The number of hydrogen-bond acceptors (Lipinski definition) is 4. The molecule has 0 saturated carbocycles. The van der Waals surface area contributed by atoms with E-state index >= 15 is 0 Å². The lowest BCUT2D eigenvalue weighted by Crippen LogP contribution is -2.52. The molecule has 32 heavy (non-hydrogen) atoms. The van der Waals surface area contributed by atoms with Crippen LogP contribution in [0.15, 0.2) is 95.2 Å². The van der Waals surface area contributed by atoms with E-state index in [1.165, 1.54) is 14.7 Å². The van der Waals surface area contributed by atoms with Gasteiger partial charge in [-0.1, -0.05) is 53.6 Å². The van der Waals surface area contributed by atoms with Crippen molar-refractivity contribution in [2.75, 3.05) is 15.2 Å². The number of benzene rings is 3. The SMILES string of the molecule is C=CC1CN(S(=O)(=O)c2ccc(C)cc2)c2ccccc2N1S(=O)(=O)c1ccc(C)cc1. The summed E-state index contributed by atoms with van der Waals surface area (Å²) in [6, 6.07) is 19.0. The van der Waals surface area contributed by atoms with E-state index in [9.17, 15) is 16.8 Å². The molecule has 4 rings (SSSR count). The van der Waals surface area contributed by atoms with Gasteiger partial charge in [-0.2, -0.15) is 0 Å². The molecule has 8 heteroatoms. The molecule has 1 atom stereocenters. The van der Waals surface area contributed by atoms with Gasteiger partial charge in [0.25, 0.3) is 20.0 Å². The number of para-hydroxylation sites is 2. The molecule has 0 bridgehead atoms. The van der Waals surface area contributed by atoms with E-state index in [1.54, 1.807) is 72.8 Å². The summed E-state index contributed by atoms with van der Waals surface area (Å²) in [5.74, 6) is 0. The second-order valence-corrected chi connectivity index (χ2v) is 11.4. The van der Waals surface area contributed by atoms with E-state index in [2.05, 4.69) is 6.58 Å². The third-order valence-electron chi connectivity index (χ3n) is 5.50. The molecule has 166 valence electrons. The molecule has 1 aliphatic rings. The van der Waals surface area contributed by atoms with Gasteiger partial charge < -0.3 is 0 Å². The number of sulfonamides is 2. The first-order valence-electron chi connectivity index (χ1n) is 10.1. The van der Waals surface area contributed by atoms with Crippen LogP contribution in [0.2, 0.25) is 0 Å². The first-order chi connectivity index (χ1) is 15.2. The number of aryl methyl sites for hydroxylation is 2. The van der Waals surface area contributed by atoms with Crippen molar-refractivity contribution in [1.29, 1.82) is 0 Å². The standard InChI is InChI=1S/C24H24N2O4S2/c1-4-20-17-25(31(27,28)21-13-9-18(2)10-14-21)23-7-5-6-8-24(23)26(20)32(29,30)22-15-11-19(3)12-16-22/h4-16,20H,1,17H2,2-3H3. The molecular formula is C24H24N2O4S2. The van der Waals surface area contributed by atoms with Gasteiger partial charge in [0, 0.05) is 0 Å². The highest BCUT2D eigenvalue weighted by molar-refractivity contribution is 7.93. The Morgan fingerprint density at radius 3 is 1.72 bits per heavy atom. The smallest absolute Gasteiger partial charge is 0.262 e. The molecule has 0 saturated heterocycles. The maximum absolute atomic E-state index is 13.6. The van der Waals surface area contributed by atoms with Crippen LogP contribution >= 0.6 is 0 Å². The Hall–Kier alpha value is -3.10. The second kappa shape index (κ2) is 8.11. The Morgan fingerprint density at radius 1 is 0.750 bits per heavy atom. The normalized spacial score (nSPS) is 16.5. The zero-order valence-corrected chi connectivity index (χ0v) is 19.5. The van der Waals surface area contributed by atoms with Gasteiger partial charge in [0.1, 0.15) is 0 Å². The predicted octanol–water partition coefficient (Wildman–Crippen LogP) is 4.26. The maximum atomic E-state index is 13.6. The fourth-order valence-corrected chi connectivity index (χ4v) is 6.88. The van der Waals surface area contributed by atoms with Gasteiger partial charge in [0.2, 0.25) is 0 Å². The Morgan fingerprint density at radius 2 is 1.22 bits per heavy atom. The second-order valence-electron chi connectivity index (χ2n) is 7.75. The molecule has 0 aromatic heterocycles. The van der Waals surface area contributed by atoms with Crippen LogP contribution < -0.4 is 8.61 Å². The molecule has 0 amide bonds. The van der Waals surface area contributed by atoms with Gasteiger partial charge in [-0.25, -0.2) is 16.8 Å². The number of anilines is 2. The van der Waals surface area contributed by atoms with Crippen molar-refractivity contribution in [2.45, 2.75) is 29.7 Å². The topological polar surface area (TPSA) is 74.8 Å². The lowest BCUT2D eigenvalue weighted by Gasteiger charge is -2.41. The predicted molar refractivity (Wildman–Crippen MR) is 127 cm³/mol. The van der Waals surface area contributed by atoms with Crippen molar-refractivity contribution in [3.05, 3.63) is 96.6 Å². The molecule has 0 fully saturated rings. The van der Waals surface area contributed by atoms with Gasteiger partial charge in [0.05, 0.1) is 33.8 Å². The molecule has 3 aromatic rings. The molecule has 1 heterocycles. The molecule has 1 unspecified atom stereocenters. The van der Waals surface area contributed by atoms with E-state index in [-0.39, 0.29) is 16.3 Å². The Labute approximate surface area is 189 Å². The van der Waals surface area contributed by atoms with E-state index in [4.69, 9.17) is 0 Å². The summed E-state index contributed by atoms with van der Waals surface area (Å²) in [6.45, 7) is 7.49. The Bertz CT molecular complexity index is 1360. The van der Waals surface area contributed by atoms with Crippen LogP contribution in [0.5, 0.6) is 0 Å². The van der Waals surface area contributed by atoms with Crippen LogP contribution in [0.1, 0.15) is 11.1 Å². The highest BCUT2D eigenvalue weighted by Crippen LogP contribution is 2.41. The van der Waals surface area contributed by atoms with Crippen LogP contribution in [-0.2, 0) is 20.0 Å². The molecular weight excluding hydrogens is 444 g/mol. The van der Waals surface area contributed by atoms with Crippen LogP contribution in [0.3, 0.4) is 0 Å². The summed E-state index contributed by atoms with van der Waals surface area (Å²) in [4.78, 5) is 0.287. The lowest BCUT2D eigenvalue weighted by molar-refractivity contribution is 0.573. The van der Waals surface area contributed by atoms with Crippen molar-refractivity contribution < 1.29 is 16.8 Å². The summed E-state index contributed by atoms with van der Waals surface area (Å²) < 4.78 is 56.8. The minimum atomic E-state index is -3.95.